The Morgan fingerprint density at radius 3 is 2.00 bits per heavy atom. The van der Waals surface area contributed by atoms with Gasteiger partial charge in [0.15, 0.2) is 0 Å². The molecule has 0 aromatic heterocycles. The summed E-state index contributed by atoms with van der Waals surface area (Å²) in [5.41, 5.74) is 2.92. The van der Waals surface area contributed by atoms with E-state index >= 15 is 0 Å². The predicted octanol–water partition coefficient (Wildman–Crippen LogP) is 4.92. The van der Waals surface area contributed by atoms with Crippen LogP contribution in [0.4, 0.5) is 0 Å². The fraction of sp³-hybridized carbons (Fsp3) is 0.375. The van der Waals surface area contributed by atoms with Gasteiger partial charge in [-0.25, -0.2) is 0 Å². The summed E-state index contributed by atoms with van der Waals surface area (Å²) in [5, 5.41) is 0.539. The Morgan fingerprint density at radius 2 is 1.59 bits per heavy atom. The quantitative estimate of drug-likeness (QED) is 0.306. The first-order valence-electron chi connectivity index (χ1n) is 7.02. The molecule has 0 aliphatic rings. The topological polar surface area (TPSA) is 44.8 Å². The molecule has 1 aromatic rings. The van der Waals surface area contributed by atoms with Crippen LogP contribution in [0.5, 0.6) is 0 Å². The molecule has 1 rings (SSSR count). The van der Waals surface area contributed by atoms with Crippen LogP contribution in [0.2, 0.25) is 19.6 Å². The van der Waals surface area contributed by atoms with Gasteiger partial charge >= 0.3 is 7.60 Å². The second-order valence-corrected chi connectivity index (χ2v) is 13.1. The monoisotopic (exact) mass is 340 g/mol. The lowest BCUT2D eigenvalue weighted by molar-refractivity contribution is 0.284. The fourth-order valence-electron chi connectivity index (χ4n) is 1.93. The summed E-state index contributed by atoms with van der Waals surface area (Å²) in [6.45, 7) is 6.47. The molecular weight excluding hydrogens is 315 g/mol. The van der Waals surface area contributed by atoms with Crippen molar-refractivity contribution in [1.29, 1.82) is 0 Å². The van der Waals surface area contributed by atoms with Gasteiger partial charge in [0, 0.05) is 19.8 Å². The highest BCUT2D eigenvalue weighted by Crippen LogP contribution is 2.56. The highest BCUT2D eigenvalue weighted by molar-refractivity contribution is 7.58. The van der Waals surface area contributed by atoms with Crippen molar-refractivity contribution in [3.63, 3.8) is 0 Å². The van der Waals surface area contributed by atoms with Crippen LogP contribution in [0.3, 0.4) is 0 Å². The van der Waals surface area contributed by atoms with Crippen LogP contribution in [0.15, 0.2) is 47.4 Å². The lowest BCUT2D eigenvalue weighted by Crippen LogP contribution is -2.17. The molecule has 6 heteroatoms. The molecule has 0 fully saturated rings. The Bertz CT molecular complexity index is 580. The number of benzene rings is 1. The zero-order chi connectivity index (χ0) is 16.8. The average Bonchev–Trinajstić information content (AvgIpc) is 2.50. The summed E-state index contributed by atoms with van der Waals surface area (Å²) >= 11 is 0. The van der Waals surface area contributed by atoms with E-state index in [1.165, 1.54) is 14.2 Å². The molecule has 4 nitrogen and oxygen atoms in total. The molecule has 0 atom stereocenters. The maximum atomic E-state index is 12.8. The number of methoxy groups -OCH3 is 1. The highest BCUT2D eigenvalue weighted by atomic mass is 31.2. The minimum Gasteiger partial charge on any atom is -0.496 e. The first kappa shape index (κ1) is 18.9. The van der Waals surface area contributed by atoms with Crippen molar-refractivity contribution in [2.24, 2.45) is 0 Å². The highest BCUT2D eigenvalue weighted by Gasteiger charge is 2.29. The van der Waals surface area contributed by atoms with Gasteiger partial charge in [0.05, 0.1) is 20.5 Å². The third-order valence-electron chi connectivity index (χ3n) is 2.94. The van der Waals surface area contributed by atoms with E-state index in [1.807, 2.05) is 36.0 Å². The third kappa shape index (κ3) is 5.25. The van der Waals surface area contributed by atoms with Gasteiger partial charge in [-0.1, -0.05) is 55.7 Å². The molecular formula is C16H25O4PSi. The van der Waals surface area contributed by atoms with E-state index in [2.05, 4.69) is 19.6 Å². The third-order valence-corrected chi connectivity index (χ3v) is 6.21. The van der Waals surface area contributed by atoms with Crippen molar-refractivity contribution in [2.45, 2.75) is 19.6 Å². The lowest BCUT2D eigenvalue weighted by Gasteiger charge is -2.19. The second-order valence-electron chi connectivity index (χ2n) is 5.88. The number of ether oxygens (including phenoxy) is 1. The van der Waals surface area contributed by atoms with Gasteiger partial charge in [0.25, 0.3) is 0 Å². The van der Waals surface area contributed by atoms with E-state index in [0.717, 1.165) is 5.56 Å². The van der Waals surface area contributed by atoms with Crippen LogP contribution in [-0.4, -0.2) is 29.4 Å². The average molecular weight is 340 g/mol. The first-order chi connectivity index (χ1) is 10.3. The van der Waals surface area contributed by atoms with Crippen LogP contribution >= 0.6 is 7.60 Å². The maximum Gasteiger partial charge on any atom is 0.360 e. The van der Waals surface area contributed by atoms with Crippen LogP contribution in [0.25, 0.3) is 5.76 Å². The Balaban J connectivity index is 3.42. The first-order valence-corrected chi connectivity index (χ1v) is 12.1. The molecule has 0 saturated heterocycles. The molecule has 0 radical (unpaired) electrons. The van der Waals surface area contributed by atoms with Crippen molar-refractivity contribution in [3.8, 4) is 0 Å². The molecule has 0 aliphatic heterocycles. The molecule has 1 aromatic carbocycles. The second kappa shape index (κ2) is 7.93. The van der Waals surface area contributed by atoms with Crippen molar-refractivity contribution >= 4 is 21.4 Å². The summed E-state index contributed by atoms with van der Waals surface area (Å²) in [4.78, 5) is 0. The summed E-state index contributed by atoms with van der Waals surface area (Å²) < 4.78 is 28.6. The number of hydrogen-bond donors (Lipinski definition) is 0. The van der Waals surface area contributed by atoms with Crippen LogP contribution in [0.1, 0.15) is 5.56 Å². The molecule has 0 heterocycles. The minimum absolute atomic E-state index is 0.539. The Morgan fingerprint density at radius 1 is 1.05 bits per heavy atom. The van der Waals surface area contributed by atoms with Gasteiger partial charge in [0.2, 0.25) is 0 Å². The zero-order valence-electron chi connectivity index (χ0n) is 14.1. The molecule has 0 aliphatic carbocycles. The number of rotatable bonds is 7. The molecule has 0 bridgehead atoms. The van der Waals surface area contributed by atoms with E-state index in [4.69, 9.17) is 13.8 Å². The van der Waals surface area contributed by atoms with Crippen molar-refractivity contribution < 1.29 is 18.3 Å². The van der Waals surface area contributed by atoms with Crippen LogP contribution in [-0.2, 0) is 18.3 Å². The van der Waals surface area contributed by atoms with Gasteiger partial charge in [-0.05, 0) is 6.08 Å². The van der Waals surface area contributed by atoms with E-state index in [0.29, 0.717) is 11.1 Å². The number of allylic oxidation sites excluding steroid dienone is 2. The molecule has 0 unspecified atom stereocenters. The van der Waals surface area contributed by atoms with Gasteiger partial charge < -0.3 is 13.8 Å². The Kier molecular flexibility index (Phi) is 6.82. The minimum atomic E-state index is -3.34. The summed E-state index contributed by atoms with van der Waals surface area (Å²) in [7, 11) is -0.593. The maximum absolute atomic E-state index is 12.8. The van der Waals surface area contributed by atoms with Gasteiger partial charge in [-0.15, -0.1) is 0 Å². The summed E-state index contributed by atoms with van der Waals surface area (Å²) in [6, 6.07) is 9.66. The summed E-state index contributed by atoms with van der Waals surface area (Å²) in [6.07, 6.45) is 1.75. The fourth-order valence-corrected chi connectivity index (χ4v) is 5.54. The lowest BCUT2D eigenvalue weighted by atomic mass is 10.2. The Labute approximate surface area is 134 Å². The Hall–Kier alpha value is -1.13. The van der Waals surface area contributed by atoms with Gasteiger partial charge in [-0.2, -0.15) is 0 Å². The van der Waals surface area contributed by atoms with Gasteiger partial charge in [0.1, 0.15) is 5.76 Å². The molecule has 0 saturated carbocycles. The normalized spacial score (nSPS) is 14.1. The SMILES string of the molecule is CO/C(=C\C(=C/[Si](C)(C)C)P(=O)(OC)OC)c1ccccc1. The van der Waals surface area contributed by atoms with E-state index in [9.17, 15) is 4.57 Å². The molecule has 22 heavy (non-hydrogen) atoms. The van der Waals surface area contributed by atoms with Crippen LogP contribution in [0, 0.1) is 0 Å². The van der Waals surface area contributed by atoms with E-state index in [1.54, 1.807) is 13.2 Å². The largest absolute Gasteiger partial charge is 0.496 e. The molecule has 0 amide bonds. The molecule has 0 spiro atoms. The van der Waals surface area contributed by atoms with Crippen LogP contribution < -0.4 is 0 Å². The zero-order valence-corrected chi connectivity index (χ0v) is 16.0. The molecule has 0 N–H and O–H groups in total. The summed E-state index contributed by atoms with van der Waals surface area (Å²) in [5.74, 6) is 0.624. The van der Waals surface area contributed by atoms with E-state index in [-0.39, 0.29) is 0 Å². The van der Waals surface area contributed by atoms with Gasteiger partial charge in [-0.3, -0.25) is 4.57 Å². The van der Waals surface area contributed by atoms with Crippen molar-refractivity contribution in [1.82, 2.24) is 0 Å². The smallest absolute Gasteiger partial charge is 0.360 e. The van der Waals surface area contributed by atoms with Crippen molar-refractivity contribution in [2.75, 3.05) is 21.3 Å². The predicted molar refractivity (Wildman–Crippen MR) is 94.5 cm³/mol. The standard InChI is InChI=1S/C16H25O4PSi/c1-18-16(14-10-8-7-9-11-14)12-15(13-22(4,5)6)21(17,19-2)20-3/h7-13H,1-6H3/b15-13+,16-12-. The van der Waals surface area contributed by atoms with E-state index < -0.39 is 15.7 Å². The van der Waals surface area contributed by atoms with Crippen molar-refractivity contribution in [3.05, 3.63) is 53.0 Å². The molecule has 122 valence electrons. The number of hydrogen-bond acceptors (Lipinski definition) is 4.